The normalized spacial score (nSPS) is 14.4. The van der Waals surface area contributed by atoms with E-state index in [9.17, 15) is 22.4 Å². The number of hydrogen-bond acceptors (Lipinski definition) is 4. The predicted octanol–water partition coefficient (Wildman–Crippen LogP) is 5.81. The minimum Gasteiger partial charge on any atom is -0.352 e. The summed E-state index contributed by atoms with van der Waals surface area (Å²) in [7, 11) is -4.14. The highest BCUT2D eigenvalue weighted by molar-refractivity contribution is 7.92. The van der Waals surface area contributed by atoms with E-state index in [4.69, 9.17) is 0 Å². The molecule has 0 aliphatic heterocycles. The third-order valence-corrected chi connectivity index (χ3v) is 9.81. The summed E-state index contributed by atoms with van der Waals surface area (Å²) in [5, 5.41) is 3.10. The van der Waals surface area contributed by atoms with E-state index in [2.05, 4.69) is 5.32 Å². The summed E-state index contributed by atoms with van der Waals surface area (Å²) >= 11 is 0. The van der Waals surface area contributed by atoms with Gasteiger partial charge in [-0.3, -0.25) is 13.9 Å². The van der Waals surface area contributed by atoms with Gasteiger partial charge in [-0.25, -0.2) is 12.8 Å². The molecule has 0 radical (unpaired) electrons. The molecule has 1 fully saturated rings. The maximum absolute atomic E-state index is 14.2. The number of benzene rings is 3. The van der Waals surface area contributed by atoms with Crippen LogP contribution in [0.1, 0.15) is 61.3 Å². The molecular weight excluding hydrogens is 553 g/mol. The van der Waals surface area contributed by atoms with E-state index < -0.39 is 34.3 Å². The number of anilines is 1. The number of carbonyl (C=O) groups excluding carboxylic acids is 2. The lowest BCUT2D eigenvalue weighted by Gasteiger charge is -2.34. The van der Waals surface area contributed by atoms with Gasteiger partial charge in [0.15, 0.2) is 0 Å². The van der Waals surface area contributed by atoms with Crippen molar-refractivity contribution in [3.8, 4) is 0 Å². The van der Waals surface area contributed by atoms with Crippen LogP contribution in [0.15, 0.2) is 71.6 Å². The van der Waals surface area contributed by atoms with Crippen LogP contribution in [0.4, 0.5) is 10.1 Å². The molecule has 1 N–H and O–H groups in total. The quantitative estimate of drug-likeness (QED) is 0.304. The molecule has 1 atom stereocenters. The molecule has 0 aromatic heterocycles. The average molecular weight is 594 g/mol. The summed E-state index contributed by atoms with van der Waals surface area (Å²) in [5.41, 5.74) is 3.78. The van der Waals surface area contributed by atoms with Crippen LogP contribution >= 0.6 is 0 Å². The van der Waals surface area contributed by atoms with Gasteiger partial charge in [-0.2, -0.15) is 0 Å². The van der Waals surface area contributed by atoms with E-state index >= 15 is 0 Å². The van der Waals surface area contributed by atoms with Crippen molar-refractivity contribution in [1.82, 2.24) is 10.2 Å². The molecule has 7 nitrogen and oxygen atoms in total. The fraction of sp³-hybridized carbons (Fsp3) is 0.394. The number of nitrogens with one attached hydrogen (secondary N) is 1. The maximum Gasteiger partial charge on any atom is 0.264 e. The average Bonchev–Trinajstić information content (AvgIpc) is 3.47. The molecule has 9 heteroatoms. The molecule has 1 aliphatic rings. The Labute approximate surface area is 248 Å². The lowest BCUT2D eigenvalue weighted by molar-refractivity contribution is -0.140. The Kier molecular flexibility index (Phi) is 10.0. The van der Waals surface area contributed by atoms with E-state index in [1.807, 2.05) is 33.8 Å². The SMILES string of the molecule is CC[C@@H](C(=O)NC1CCCC1)N(Cc1ccc(F)cc1)C(=O)CN(c1ccc(C)c(C)c1)S(=O)(=O)c1ccc(C)cc1. The number of hydrogen-bond donors (Lipinski definition) is 1. The molecule has 3 aromatic carbocycles. The lowest BCUT2D eigenvalue weighted by atomic mass is 10.1. The number of sulfonamides is 1. The van der Waals surface area contributed by atoms with Gasteiger partial charge in [0.25, 0.3) is 10.0 Å². The highest BCUT2D eigenvalue weighted by Gasteiger charge is 2.34. The fourth-order valence-electron chi connectivity index (χ4n) is 5.32. The summed E-state index contributed by atoms with van der Waals surface area (Å²) in [6, 6.07) is 16.8. The van der Waals surface area contributed by atoms with Crippen LogP contribution in [0.3, 0.4) is 0 Å². The van der Waals surface area contributed by atoms with Crippen LogP contribution in [0.25, 0.3) is 0 Å². The van der Waals surface area contributed by atoms with Crippen molar-refractivity contribution in [3.05, 3.63) is 94.8 Å². The lowest BCUT2D eigenvalue weighted by Crippen LogP contribution is -2.53. The third kappa shape index (κ3) is 7.37. The molecule has 1 saturated carbocycles. The largest absolute Gasteiger partial charge is 0.352 e. The molecule has 2 amide bonds. The summed E-state index contributed by atoms with van der Waals surface area (Å²) < 4.78 is 42.9. The second-order valence-electron chi connectivity index (χ2n) is 11.2. The summed E-state index contributed by atoms with van der Waals surface area (Å²) in [4.78, 5) is 29.2. The van der Waals surface area contributed by atoms with Gasteiger partial charge in [0, 0.05) is 12.6 Å². The Hall–Kier alpha value is -3.72. The number of halogens is 1. The van der Waals surface area contributed by atoms with Crippen molar-refractivity contribution in [2.24, 2.45) is 0 Å². The minimum absolute atomic E-state index is 0.0288. The van der Waals surface area contributed by atoms with Crippen molar-refractivity contribution in [2.45, 2.75) is 83.3 Å². The van der Waals surface area contributed by atoms with Gasteiger partial charge in [0.05, 0.1) is 10.6 Å². The van der Waals surface area contributed by atoms with Crippen LogP contribution in [-0.4, -0.2) is 43.8 Å². The molecule has 0 bridgehead atoms. The Morgan fingerprint density at radius 3 is 2.17 bits per heavy atom. The molecule has 0 unspecified atom stereocenters. The number of nitrogens with zero attached hydrogens (tertiary/aromatic N) is 2. The molecule has 0 heterocycles. The molecule has 4 rings (SSSR count). The van der Waals surface area contributed by atoms with Crippen LogP contribution < -0.4 is 9.62 Å². The summed E-state index contributed by atoms with van der Waals surface area (Å²) in [6.07, 6.45) is 4.20. The first-order chi connectivity index (χ1) is 20.0. The molecule has 42 heavy (non-hydrogen) atoms. The zero-order valence-electron chi connectivity index (χ0n) is 24.8. The Morgan fingerprint density at radius 2 is 1.57 bits per heavy atom. The molecular formula is C33H40FN3O4S. The first kappa shape index (κ1) is 31.2. The summed E-state index contributed by atoms with van der Waals surface area (Å²) in [6.45, 7) is 7.04. The van der Waals surface area contributed by atoms with E-state index in [1.165, 1.54) is 29.2 Å². The topological polar surface area (TPSA) is 86.8 Å². The summed E-state index contributed by atoms with van der Waals surface area (Å²) in [5.74, 6) is -1.20. The Bertz CT molecular complexity index is 1500. The van der Waals surface area contributed by atoms with Gasteiger partial charge in [0.2, 0.25) is 11.8 Å². The standard InChI is InChI=1S/C33H40FN3O4S/c1-5-31(33(39)35-28-8-6-7-9-28)36(21-26-13-15-27(34)16-14-26)32(38)22-37(29-17-12-24(3)25(4)20-29)42(40,41)30-18-10-23(2)11-19-30/h10-20,28,31H,5-9,21-22H2,1-4H3,(H,35,39)/t31-/m0/s1. The highest BCUT2D eigenvalue weighted by Crippen LogP contribution is 2.27. The van der Waals surface area contributed by atoms with Crippen LogP contribution in [0, 0.1) is 26.6 Å². The molecule has 3 aromatic rings. The number of aryl methyl sites for hydroxylation is 3. The zero-order chi connectivity index (χ0) is 30.4. The monoisotopic (exact) mass is 593 g/mol. The molecule has 0 saturated heterocycles. The zero-order valence-corrected chi connectivity index (χ0v) is 25.6. The van der Waals surface area contributed by atoms with Gasteiger partial charge < -0.3 is 10.2 Å². The highest BCUT2D eigenvalue weighted by atomic mass is 32.2. The van der Waals surface area contributed by atoms with E-state index in [0.29, 0.717) is 17.7 Å². The Morgan fingerprint density at radius 1 is 0.929 bits per heavy atom. The van der Waals surface area contributed by atoms with Gasteiger partial charge in [-0.15, -0.1) is 0 Å². The van der Waals surface area contributed by atoms with Crippen LogP contribution in [0.2, 0.25) is 0 Å². The van der Waals surface area contributed by atoms with Gasteiger partial charge in [-0.1, -0.05) is 55.7 Å². The Balaban J connectivity index is 1.73. The van der Waals surface area contributed by atoms with Crippen LogP contribution in [-0.2, 0) is 26.2 Å². The first-order valence-corrected chi connectivity index (χ1v) is 15.9. The van der Waals surface area contributed by atoms with Crippen molar-refractivity contribution < 1.29 is 22.4 Å². The minimum atomic E-state index is -4.14. The smallest absolute Gasteiger partial charge is 0.264 e. The third-order valence-electron chi connectivity index (χ3n) is 8.02. The number of amides is 2. The maximum atomic E-state index is 14.2. The number of rotatable bonds is 11. The second-order valence-corrected chi connectivity index (χ2v) is 13.0. The predicted molar refractivity (Wildman–Crippen MR) is 163 cm³/mol. The van der Waals surface area contributed by atoms with Crippen molar-refractivity contribution in [2.75, 3.05) is 10.8 Å². The van der Waals surface area contributed by atoms with E-state index in [0.717, 1.165) is 46.7 Å². The van der Waals surface area contributed by atoms with Crippen molar-refractivity contribution >= 4 is 27.5 Å². The van der Waals surface area contributed by atoms with E-state index in [1.54, 1.807) is 36.4 Å². The van der Waals surface area contributed by atoms with Crippen molar-refractivity contribution in [3.63, 3.8) is 0 Å². The fourth-order valence-corrected chi connectivity index (χ4v) is 6.73. The van der Waals surface area contributed by atoms with Crippen molar-refractivity contribution in [1.29, 1.82) is 0 Å². The first-order valence-electron chi connectivity index (χ1n) is 14.5. The van der Waals surface area contributed by atoms with Gasteiger partial charge >= 0.3 is 0 Å². The molecule has 1 aliphatic carbocycles. The second kappa shape index (κ2) is 13.5. The van der Waals surface area contributed by atoms with Gasteiger partial charge in [-0.05, 0) is 93.1 Å². The van der Waals surface area contributed by atoms with Crippen LogP contribution in [0.5, 0.6) is 0 Å². The molecule has 224 valence electrons. The van der Waals surface area contributed by atoms with E-state index in [-0.39, 0.29) is 23.4 Å². The van der Waals surface area contributed by atoms with Gasteiger partial charge in [0.1, 0.15) is 18.4 Å². The number of carbonyl (C=O) groups is 2. The molecule has 0 spiro atoms.